The van der Waals surface area contributed by atoms with E-state index in [0.29, 0.717) is 13.2 Å². The number of fused-ring (bicyclic) bond motifs is 1. The average Bonchev–Trinajstić information content (AvgIpc) is 3.15. The van der Waals surface area contributed by atoms with Gasteiger partial charge >= 0.3 is 0 Å². The molecule has 3 heterocycles. The minimum atomic E-state index is -0.542. The zero-order valence-corrected chi connectivity index (χ0v) is 11.2. The van der Waals surface area contributed by atoms with Gasteiger partial charge in [-0.25, -0.2) is 0 Å². The Hall–Kier alpha value is -1.90. The van der Waals surface area contributed by atoms with Crippen molar-refractivity contribution in [2.75, 3.05) is 19.8 Å². The highest BCUT2D eigenvalue weighted by atomic mass is 16.6. The van der Waals surface area contributed by atoms with Gasteiger partial charge in [0, 0.05) is 0 Å². The SMILES string of the molecule is NC(=O)CO[C@@H]1CO[C@H]2[C@@H]1OC[C@@H]2NC(=O)c1ccco1. The number of rotatable bonds is 5. The second-order valence-electron chi connectivity index (χ2n) is 4.97. The number of hydrogen-bond donors (Lipinski definition) is 2. The molecule has 2 amide bonds. The summed E-state index contributed by atoms with van der Waals surface area (Å²) in [6.45, 7) is 0.442. The Morgan fingerprint density at radius 2 is 2.14 bits per heavy atom. The van der Waals surface area contributed by atoms with E-state index in [9.17, 15) is 9.59 Å². The molecule has 2 saturated heterocycles. The molecule has 8 nitrogen and oxygen atoms in total. The summed E-state index contributed by atoms with van der Waals surface area (Å²) < 4.78 is 21.6. The predicted molar refractivity (Wildman–Crippen MR) is 68.4 cm³/mol. The van der Waals surface area contributed by atoms with Crippen LogP contribution in [0.25, 0.3) is 0 Å². The molecule has 0 aliphatic carbocycles. The fourth-order valence-corrected chi connectivity index (χ4v) is 2.57. The summed E-state index contributed by atoms with van der Waals surface area (Å²) >= 11 is 0. The molecule has 3 rings (SSSR count). The smallest absolute Gasteiger partial charge is 0.287 e. The van der Waals surface area contributed by atoms with Crippen molar-refractivity contribution in [2.45, 2.75) is 24.4 Å². The van der Waals surface area contributed by atoms with Crippen LogP contribution in [0.1, 0.15) is 10.6 Å². The molecule has 0 radical (unpaired) electrons. The molecular formula is C13H16N2O6. The molecule has 2 aliphatic heterocycles. The van der Waals surface area contributed by atoms with Gasteiger partial charge in [-0.1, -0.05) is 0 Å². The van der Waals surface area contributed by atoms with Crippen molar-refractivity contribution in [3.63, 3.8) is 0 Å². The monoisotopic (exact) mass is 296 g/mol. The van der Waals surface area contributed by atoms with Gasteiger partial charge in [-0.2, -0.15) is 0 Å². The van der Waals surface area contributed by atoms with Crippen LogP contribution in [-0.2, 0) is 19.0 Å². The summed E-state index contributed by atoms with van der Waals surface area (Å²) in [4.78, 5) is 22.7. The Labute approximate surface area is 120 Å². The average molecular weight is 296 g/mol. The maximum atomic E-state index is 11.9. The molecule has 2 fully saturated rings. The van der Waals surface area contributed by atoms with Crippen LogP contribution in [0.2, 0.25) is 0 Å². The zero-order valence-electron chi connectivity index (χ0n) is 11.2. The lowest BCUT2D eigenvalue weighted by atomic mass is 10.1. The molecule has 0 aromatic carbocycles. The van der Waals surface area contributed by atoms with E-state index in [1.165, 1.54) is 6.26 Å². The van der Waals surface area contributed by atoms with Gasteiger partial charge in [0.25, 0.3) is 5.91 Å². The molecule has 8 heteroatoms. The van der Waals surface area contributed by atoms with Gasteiger partial charge in [0.1, 0.15) is 24.9 Å². The van der Waals surface area contributed by atoms with E-state index in [4.69, 9.17) is 24.4 Å². The summed E-state index contributed by atoms with van der Waals surface area (Å²) in [5.41, 5.74) is 5.04. The Kier molecular flexibility index (Phi) is 3.91. The summed E-state index contributed by atoms with van der Waals surface area (Å²) in [5, 5.41) is 2.81. The topological polar surface area (TPSA) is 113 Å². The van der Waals surface area contributed by atoms with Gasteiger partial charge in [0.2, 0.25) is 5.91 Å². The highest BCUT2D eigenvalue weighted by molar-refractivity contribution is 5.91. The third-order valence-electron chi connectivity index (χ3n) is 3.51. The van der Waals surface area contributed by atoms with Gasteiger partial charge in [-0.3, -0.25) is 9.59 Å². The molecule has 4 atom stereocenters. The maximum absolute atomic E-state index is 11.9. The third-order valence-corrected chi connectivity index (χ3v) is 3.51. The standard InChI is InChI=1S/C13H16N2O6/c14-10(16)6-19-9-5-21-11-7(4-20-12(9)11)15-13(17)8-2-1-3-18-8/h1-3,7,9,11-12H,4-6H2,(H2,14,16)(H,15,17)/t7-,9+,11+,12+/m0/s1. The first-order valence-corrected chi connectivity index (χ1v) is 6.62. The van der Waals surface area contributed by atoms with Crippen LogP contribution in [0, 0.1) is 0 Å². The molecule has 114 valence electrons. The van der Waals surface area contributed by atoms with E-state index in [2.05, 4.69) is 5.32 Å². The summed E-state index contributed by atoms with van der Waals surface area (Å²) in [6, 6.07) is 2.94. The first kappa shape index (κ1) is 14.1. The summed E-state index contributed by atoms with van der Waals surface area (Å²) in [7, 11) is 0. The summed E-state index contributed by atoms with van der Waals surface area (Å²) in [5.74, 6) is -0.628. The van der Waals surface area contributed by atoms with Crippen molar-refractivity contribution in [2.24, 2.45) is 5.73 Å². The van der Waals surface area contributed by atoms with Crippen LogP contribution in [0.15, 0.2) is 22.8 Å². The molecule has 0 unspecified atom stereocenters. The Morgan fingerprint density at radius 1 is 1.33 bits per heavy atom. The first-order chi connectivity index (χ1) is 10.1. The van der Waals surface area contributed by atoms with Crippen molar-refractivity contribution >= 4 is 11.8 Å². The van der Waals surface area contributed by atoms with Crippen molar-refractivity contribution in [1.29, 1.82) is 0 Å². The largest absolute Gasteiger partial charge is 0.459 e. The van der Waals surface area contributed by atoms with Crippen LogP contribution < -0.4 is 11.1 Å². The number of hydrogen-bond acceptors (Lipinski definition) is 6. The van der Waals surface area contributed by atoms with E-state index in [0.717, 1.165) is 0 Å². The van der Waals surface area contributed by atoms with Crippen LogP contribution in [0.5, 0.6) is 0 Å². The number of furan rings is 1. The molecular weight excluding hydrogens is 280 g/mol. The van der Waals surface area contributed by atoms with E-state index in [1.54, 1.807) is 12.1 Å². The molecule has 1 aromatic rings. The lowest BCUT2D eigenvalue weighted by Crippen LogP contribution is -2.44. The van der Waals surface area contributed by atoms with Gasteiger partial charge in [-0.05, 0) is 12.1 Å². The predicted octanol–water partition coefficient (Wildman–Crippen LogP) is -0.954. The fraction of sp³-hybridized carbons (Fsp3) is 0.538. The van der Waals surface area contributed by atoms with Gasteiger partial charge < -0.3 is 29.7 Å². The molecule has 0 saturated carbocycles. The van der Waals surface area contributed by atoms with E-state index in [1.807, 2.05) is 0 Å². The number of nitrogens with two attached hydrogens (primary N) is 1. The summed E-state index contributed by atoms with van der Waals surface area (Å²) in [6.07, 6.45) is 0.462. The number of carbonyl (C=O) groups is 2. The lowest BCUT2D eigenvalue weighted by Gasteiger charge is -2.17. The molecule has 2 aliphatic rings. The van der Waals surface area contributed by atoms with Crippen molar-refractivity contribution < 1.29 is 28.2 Å². The number of carbonyl (C=O) groups excluding carboxylic acids is 2. The number of amides is 2. The second-order valence-corrected chi connectivity index (χ2v) is 4.97. The van der Waals surface area contributed by atoms with Crippen LogP contribution in [0.4, 0.5) is 0 Å². The number of ether oxygens (including phenoxy) is 3. The first-order valence-electron chi connectivity index (χ1n) is 6.62. The zero-order chi connectivity index (χ0) is 14.8. The highest BCUT2D eigenvalue weighted by Gasteiger charge is 2.49. The van der Waals surface area contributed by atoms with Crippen molar-refractivity contribution in [1.82, 2.24) is 5.32 Å². The van der Waals surface area contributed by atoms with Crippen molar-refractivity contribution in [3.05, 3.63) is 24.2 Å². The van der Waals surface area contributed by atoms with Crippen LogP contribution >= 0.6 is 0 Å². The van der Waals surface area contributed by atoms with E-state index in [-0.39, 0.29) is 42.6 Å². The van der Waals surface area contributed by atoms with Gasteiger partial charge in [0.15, 0.2) is 5.76 Å². The van der Waals surface area contributed by atoms with Gasteiger partial charge in [0.05, 0.1) is 25.5 Å². The fourth-order valence-electron chi connectivity index (χ4n) is 2.57. The molecule has 3 N–H and O–H groups in total. The van der Waals surface area contributed by atoms with Crippen LogP contribution in [0.3, 0.4) is 0 Å². The lowest BCUT2D eigenvalue weighted by molar-refractivity contribution is -0.126. The van der Waals surface area contributed by atoms with E-state index < -0.39 is 5.91 Å². The quantitative estimate of drug-likeness (QED) is 0.724. The molecule has 0 spiro atoms. The van der Waals surface area contributed by atoms with Gasteiger partial charge in [-0.15, -0.1) is 0 Å². The second kappa shape index (κ2) is 5.84. The molecule has 21 heavy (non-hydrogen) atoms. The molecule has 0 bridgehead atoms. The highest BCUT2D eigenvalue weighted by Crippen LogP contribution is 2.29. The maximum Gasteiger partial charge on any atom is 0.287 e. The normalized spacial score (nSPS) is 31.0. The molecule has 1 aromatic heterocycles. The van der Waals surface area contributed by atoms with Crippen molar-refractivity contribution in [3.8, 4) is 0 Å². The minimum absolute atomic E-state index is 0.177. The third kappa shape index (κ3) is 2.92. The Morgan fingerprint density at radius 3 is 2.86 bits per heavy atom. The minimum Gasteiger partial charge on any atom is -0.459 e. The Balaban J connectivity index is 1.56. The van der Waals surface area contributed by atoms with Crippen LogP contribution in [-0.4, -0.2) is 56.0 Å². The van der Waals surface area contributed by atoms with E-state index >= 15 is 0 Å². The Bertz CT molecular complexity index is 517. The number of primary amides is 1. The number of nitrogens with one attached hydrogen (secondary N) is 1.